The number of hydrogen-bond donors (Lipinski definition) is 2. The van der Waals surface area contributed by atoms with Crippen molar-refractivity contribution in [2.24, 2.45) is 0 Å². The summed E-state index contributed by atoms with van der Waals surface area (Å²) in [6, 6.07) is 1.85. The van der Waals surface area contributed by atoms with Crippen LogP contribution in [-0.2, 0) is 0 Å². The van der Waals surface area contributed by atoms with Crippen LogP contribution in [0.3, 0.4) is 0 Å². The second-order valence-corrected chi connectivity index (χ2v) is 2.60. The van der Waals surface area contributed by atoms with Crippen molar-refractivity contribution < 1.29 is 78.9 Å². The minimum Gasteiger partial charge on any atom is -0.545 e. The Hall–Kier alpha value is -0.240. The van der Waals surface area contributed by atoms with Crippen LogP contribution in [0.1, 0.15) is 20.7 Å². The molecule has 0 unspecified atom stereocenters. The second-order valence-electron chi connectivity index (χ2n) is 2.60. The summed E-state index contributed by atoms with van der Waals surface area (Å²) in [5.41, 5.74) is 9.40. The molecule has 0 radical (unpaired) electrons. The number of anilines is 2. The van der Waals surface area contributed by atoms with Crippen LogP contribution in [0.15, 0.2) is 12.1 Å². The third kappa shape index (κ3) is 3.97. The van der Waals surface area contributed by atoms with Gasteiger partial charge in [0.1, 0.15) is 0 Å². The molecule has 74 valence electrons. The Labute approximate surface area is 136 Å². The van der Waals surface area contributed by atoms with Crippen LogP contribution in [-0.4, -0.2) is 11.9 Å². The van der Waals surface area contributed by atoms with E-state index in [2.05, 4.69) is 0 Å². The van der Waals surface area contributed by atoms with Gasteiger partial charge in [-0.15, -0.1) is 0 Å². The van der Waals surface area contributed by atoms with Crippen LogP contribution in [0.5, 0.6) is 0 Å². The number of carboxylic acid groups (broad SMARTS) is 2. The molecule has 0 aliphatic rings. The molecule has 0 heterocycles. The quantitative estimate of drug-likeness (QED) is 0.389. The smallest absolute Gasteiger partial charge is 0.545 e. The van der Waals surface area contributed by atoms with Gasteiger partial charge in [-0.05, 0) is 12.1 Å². The summed E-state index contributed by atoms with van der Waals surface area (Å²) in [5.74, 6) is -3.03. The van der Waals surface area contributed by atoms with E-state index in [1.165, 1.54) is 0 Å². The zero-order valence-corrected chi connectivity index (χ0v) is 12.9. The number of carbonyl (C=O) groups is 2. The van der Waals surface area contributed by atoms with Gasteiger partial charge in [-0.3, -0.25) is 0 Å². The molecule has 0 saturated heterocycles. The first-order chi connectivity index (χ1) is 6.43. The number of aromatic carboxylic acids is 2. The third-order valence-corrected chi connectivity index (χ3v) is 1.66. The number of carbonyl (C=O) groups excluding carboxylic acids is 2. The van der Waals surface area contributed by atoms with Crippen LogP contribution in [0.2, 0.25) is 0 Å². The Morgan fingerprint density at radius 1 is 0.875 bits per heavy atom. The third-order valence-electron chi connectivity index (χ3n) is 1.66. The first kappa shape index (κ1) is 18.1. The minimum atomic E-state index is -1.51. The zero-order valence-electron chi connectivity index (χ0n) is 8.94. The van der Waals surface area contributed by atoms with Gasteiger partial charge in [0.15, 0.2) is 0 Å². The summed E-state index contributed by atoms with van der Waals surface area (Å²) >= 11 is 0. The van der Waals surface area contributed by atoms with Gasteiger partial charge in [-0.2, -0.15) is 0 Å². The number of benzene rings is 1. The molecular formula is C8H6N2Na2O4. The normalized spacial score (nSPS) is 8.50. The maximum Gasteiger partial charge on any atom is 1.00 e. The molecule has 0 aliphatic carbocycles. The Kier molecular flexibility index (Phi) is 8.11. The average Bonchev–Trinajstić information content (AvgIpc) is 2.07. The average molecular weight is 240 g/mol. The number of carboxylic acids is 2. The summed E-state index contributed by atoms with van der Waals surface area (Å²) in [6.45, 7) is 0. The molecule has 16 heavy (non-hydrogen) atoms. The maximum absolute atomic E-state index is 10.4. The van der Waals surface area contributed by atoms with Crippen molar-refractivity contribution in [2.45, 2.75) is 0 Å². The van der Waals surface area contributed by atoms with Gasteiger partial charge in [0.25, 0.3) is 0 Å². The molecule has 0 fully saturated rings. The van der Waals surface area contributed by atoms with E-state index >= 15 is 0 Å². The van der Waals surface area contributed by atoms with Gasteiger partial charge in [0.05, 0.1) is 11.9 Å². The van der Waals surface area contributed by atoms with E-state index in [9.17, 15) is 19.8 Å². The predicted octanol–water partition coefficient (Wildman–Crippen LogP) is -8.41. The standard InChI is InChI=1S/C8H8N2O4.2Na/c9-5-1-3(7(11)12)6(10)2-4(5)8(13)14;;/h1-2H,9-10H2,(H,11,12)(H,13,14);;/q;2*+1/p-2. The van der Waals surface area contributed by atoms with E-state index < -0.39 is 11.9 Å². The number of nitrogens with two attached hydrogens (primary N) is 2. The molecule has 0 aromatic heterocycles. The fraction of sp³-hybridized carbons (Fsp3) is 0. The first-order valence-electron chi connectivity index (χ1n) is 3.55. The summed E-state index contributed by atoms with van der Waals surface area (Å²) in [4.78, 5) is 20.9. The van der Waals surface area contributed by atoms with Gasteiger partial charge >= 0.3 is 59.1 Å². The monoisotopic (exact) mass is 240 g/mol. The van der Waals surface area contributed by atoms with Crippen LogP contribution < -0.4 is 80.8 Å². The van der Waals surface area contributed by atoms with E-state index in [0.717, 1.165) is 12.1 Å². The van der Waals surface area contributed by atoms with Crippen molar-refractivity contribution >= 4 is 23.3 Å². The van der Waals surface area contributed by atoms with E-state index in [1.54, 1.807) is 0 Å². The maximum atomic E-state index is 10.4. The molecule has 0 atom stereocenters. The summed E-state index contributed by atoms with van der Waals surface area (Å²) < 4.78 is 0. The van der Waals surface area contributed by atoms with Crippen LogP contribution in [0, 0.1) is 0 Å². The van der Waals surface area contributed by atoms with Gasteiger partial charge < -0.3 is 31.3 Å². The summed E-state index contributed by atoms with van der Waals surface area (Å²) in [5, 5.41) is 20.9. The Morgan fingerprint density at radius 3 is 1.31 bits per heavy atom. The molecule has 1 aromatic carbocycles. The van der Waals surface area contributed by atoms with Crippen LogP contribution in [0.4, 0.5) is 11.4 Å². The van der Waals surface area contributed by atoms with Crippen molar-refractivity contribution in [2.75, 3.05) is 11.5 Å². The van der Waals surface area contributed by atoms with Crippen LogP contribution >= 0.6 is 0 Å². The zero-order chi connectivity index (χ0) is 10.9. The molecule has 0 spiro atoms. The molecule has 0 amide bonds. The van der Waals surface area contributed by atoms with Crippen LogP contribution in [0.25, 0.3) is 0 Å². The van der Waals surface area contributed by atoms with Crippen molar-refractivity contribution in [1.82, 2.24) is 0 Å². The van der Waals surface area contributed by atoms with Gasteiger partial charge in [-0.25, -0.2) is 0 Å². The number of nitrogen functional groups attached to an aromatic ring is 2. The molecule has 8 heteroatoms. The Bertz CT molecular complexity index is 383. The Balaban J connectivity index is 0. The van der Waals surface area contributed by atoms with Crippen molar-refractivity contribution in [3.05, 3.63) is 23.3 Å². The molecule has 1 aromatic rings. The van der Waals surface area contributed by atoms with Gasteiger partial charge in [-0.1, -0.05) is 0 Å². The predicted molar refractivity (Wildman–Crippen MR) is 43.9 cm³/mol. The fourth-order valence-electron chi connectivity index (χ4n) is 0.987. The van der Waals surface area contributed by atoms with Crippen molar-refractivity contribution in [3.63, 3.8) is 0 Å². The SMILES string of the molecule is Nc1cc(C(=O)[O-])c(N)cc1C(=O)[O-].[Na+].[Na+]. The topological polar surface area (TPSA) is 132 Å². The van der Waals surface area contributed by atoms with Crippen molar-refractivity contribution in [1.29, 1.82) is 0 Å². The fourth-order valence-corrected chi connectivity index (χ4v) is 0.987. The molecule has 0 aliphatic heterocycles. The second kappa shape index (κ2) is 7.16. The van der Waals surface area contributed by atoms with E-state index in [0.29, 0.717) is 0 Å². The van der Waals surface area contributed by atoms with E-state index in [1.807, 2.05) is 0 Å². The van der Waals surface area contributed by atoms with E-state index in [4.69, 9.17) is 11.5 Å². The molecular weight excluding hydrogens is 234 g/mol. The molecule has 6 nitrogen and oxygen atoms in total. The molecule has 0 bridgehead atoms. The minimum absolute atomic E-state index is 0. The van der Waals surface area contributed by atoms with Gasteiger partial charge in [0.2, 0.25) is 0 Å². The Morgan fingerprint density at radius 2 is 1.12 bits per heavy atom. The van der Waals surface area contributed by atoms with Crippen molar-refractivity contribution in [3.8, 4) is 0 Å². The largest absolute Gasteiger partial charge is 1.00 e. The summed E-state index contributed by atoms with van der Waals surface area (Å²) in [6.07, 6.45) is 0. The number of rotatable bonds is 2. The summed E-state index contributed by atoms with van der Waals surface area (Å²) in [7, 11) is 0. The first-order valence-corrected chi connectivity index (χ1v) is 3.55. The number of hydrogen-bond acceptors (Lipinski definition) is 6. The molecule has 4 N–H and O–H groups in total. The molecule has 1 rings (SSSR count). The van der Waals surface area contributed by atoms with E-state index in [-0.39, 0.29) is 81.6 Å². The van der Waals surface area contributed by atoms with Gasteiger partial charge in [0, 0.05) is 22.5 Å². The molecule has 0 saturated carbocycles.